The Labute approximate surface area is 118 Å². The summed E-state index contributed by atoms with van der Waals surface area (Å²) in [6.07, 6.45) is 0.746. The molecule has 6 heteroatoms. The van der Waals surface area contributed by atoms with Crippen molar-refractivity contribution in [3.63, 3.8) is 0 Å². The quantitative estimate of drug-likeness (QED) is 0.469. The van der Waals surface area contributed by atoms with Crippen LogP contribution in [-0.2, 0) is 16.0 Å². The van der Waals surface area contributed by atoms with Crippen molar-refractivity contribution in [3.05, 3.63) is 39.9 Å². The Bertz CT molecular complexity index is 459. The second kappa shape index (κ2) is 7.59. The van der Waals surface area contributed by atoms with E-state index in [1.807, 2.05) is 13.8 Å². The van der Waals surface area contributed by atoms with Gasteiger partial charge in [0.15, 0.2) is 0 Å². The van der Waals surface area contributed by atoms with Crippen LogP contribution in [0.4, 0.5) is 5.69 Å². The summed E-state index contributed by atoms with van der Waals surface area (Å²) < 4.78 is 4.69. The number of nitro benzene ring substituents is 1. The molecule has 0 spiro atoms. The molecule has 20 heavy (non-hydrogen) atoms. The lowest BCUT2D eigenvalue weighted by atomic mass is 10.0. The van der Waals surface area contributed by atoms with Gasteiger partial charge in [-0.3, -0.25) is 14.9 Å². The van der Waals surface area contributed by atoms with E-state index in [0.29, 0.717) is 6.54 Å². The molecule has 1 N–H and O–H groups in total. The molecule has 0 aliphatic rings. The Kier molecular flexibility index (Phi) is 6.11. The molecule has 0 bridgehead atoms. The Hall–Kier alpha value is -1.95. The summed E-state index contributed by atoms with van der Waals surface area (Å²) in [5.41, 5.74) is 1.11. The van der Waals surface area contributed by atoms with Gasteiger partial charge in [-0.25, -0.2) is 0 Å². The van der Waals surface area contributed by atoms with Gasteiger partial charge in [-0.1, -0.05) is 19.1 Å². The van der Waals surface area contributed by atoms with E-state index in [2.05, 4.69) is 5.32 Å². The molecule has 0 radical (unpaired) electrons. The van der Waals surface area contributed by atoms with Crippen LogP contribution >= 0.6 is 0 Å². The predicted molar refractivity (Wildman–Crippen MR) is 75.4 cm³/mol. The fourth-order valence-electron chi connectivity index (χ4n) is 1.80. The number of methoxy groups -OCH3 is 1. The van der Waals surface area contributed by atoms with Crippen molar-refractivity contribution >= 4 is 11.7 Å². The van der Waals surface area contributed by atoms with Gasteiger partial charge in [-0.15, -0.1) is 0 Å². The molecule has 6 nitrogen and oxygen atoms in total. The van der Waals surface area contributed by atoms with Crippen LogP contribution in [0.3, 0.4) is 0 Å². The number of nitro groups is 1. The van der Waals surface area contributed by atoms with Crippen molar-refractivity contribution in [1.29, 1.82) is 0 Å². The van der Waals surface area contributed by atoms with Gasteiger partial charge in [-0.05, 0) is 25.5 Å². The van der Waals surface area contributed by atoms with Gasteiger partial charge in [0.1, 0.15) is 0 Å². The number of hydrogen-bond donors (Lipinski definition) is 1. The zero-order valence-electron chi connectivity index (χ0n) is 12.0. The highest BCUT2D eigenvalue weighted by molar-refractivity contribution is 5.72. The van der Waals surface area contributed by atoms with E-state index in [1.165, 1.54) is 19.2 Å². The molecule has 0 amide bonds. The molecule has 0 aliphatic carbocycles. The van der Waals surface area contributed by atoms with Crippen LogP contribution in [0.1, 0.15) is 19.4 Å². The van der Waals surface area contributed by atoms with Crippen molar-refractivity contribution in [2.24, 2.45) is 5.92 Å². The number of ether oxygens (including phenoxy) is 1. The van der Waals surface area contributed by atoms with Crippen LogP contribution in [0.2, 0.25) is 0 Å². The Morgan fingerprint density at radius 1 is 1.35 bits per heavy atom. The smallest absolute Gasteiger partial charge is 0.309 e. The lowest BCUT2D eigenvalue weighted by molar-refractivity contribution is -0.384. The average molecular weight is 280 g/mol. The maximum atomic E-state index is 11.4. The highest BCUT2D eigenvalue weighted by Gasteiger charge is 2.19. The number of esters is 1. The SMILES string of the molecule is COC(=O)C(C)C(C)NCCc1ccc([N+](=O)[O-])cc1. The first-order valence-corrected chi connectivity index (χ1v) is 6.50. The van der Waals surface area contributed by atoms with Crippen molar-refractivity contribution < 1.29 is 14.5 Å². The molecule has 0 saturated heterocycles. The second-order valence-corrected chi connectivity index (χ2v) is 4.73. The summed E-state index contributed by atoms with van der Waals surface area (Å²) in [6.45, 7) is 4.44. The summed E-state index contributed by atoms with van der Waals surface area (Å²) in [5, 5.41) is 13.8. The third-order valence-corrected chi connectivity index (χ3v) is 3.35. The number of benzene rings is 1. The van der Waals surface area contributed by atoms with Crippen LogP contribution in [0.15, 0.2) is 24.3 Å². The molecule has 2 unspecified atom stereocenters. The van der Waals surface area contributed by atoms with Crippen molar-refractivity contribution in [2.75, 3.05) is 13.7 Å². The third-order valence-electron chi connectivity index (χ3n) is 3.35. The van der Waals surface area contributed by atoms with E-state index in [-0.39, 0.29) is 23.6 Å². The molecular weight excluding hydrogens is 260 g/mol. The van der Waals surface area contributed by atoms with E-state index in [1.54, 1.807) is 12.1 Å². The monoisotopic (exact) mass is 280 g/mol. The Morgan fingerprint density at radius 2 is 1.95 bits per heavy atom. The Morgan fingerprint density at radius 3 is 2.45 bits per heavy atom. The number of nitrogens with zero attached hydrogens (tertiary/aromatic N) is 1. The normalized spacial score (nSPS) is 13.6. The zero-order chi connectivity index (χ0) is 15.1. The molecule has 1 aromatic rings. The summed E-state index contributed by atoms with van der Waals surface area (Å²) in [6, 6.07) is 6.49. The van der Waals surface area contributed by atoms with Crippen molar-refractivity contribution in [3.8, 4) is 0 Å². The van der Waals surface area contributed by atoms with Gasteiger partial charge in [0.05, 0.1) is 18.0 Å². The molecule has 0 aliphatic heterocycles. The number of non-ortho nitro benzene ring substituents is 1. The summed E-state index contributed by atoms with van der Waals surface area (Å²) in [7, 11) is 1.38. The van der Waals surface area contributed by atoms with E-state index < -0.39 is 4.92 Å². The first-order valence-electron chi connectivity index (χ1n) is 6.50. The van der Waals surface area contributed by atoms with E-state index in [9.17, 15) is 14.9 Å². The molecule has 0 heterocycles. The predicted octanol–water partition coefficient (Wildman–Crippen LogP) is 1.92. The number of hydrogen-bond acceptors (Lipinski definition) is 5. The topological polar surface area (TPSA) is 81.5 Å². The first kappa shape index (κ1) is 16.1. The second-order valence-electron chi connectivity index (χ2n) is 4.73. The zero-order valence-corrected chi connectivity index (χ0v) is 12.0. The lowest BCUT2D eigenvalue weighted by Gasteiger charge is -2.19. The lowest BCUT2D eigenvalue weighted by Crippen LogP contribution is -2.37. The van der Waals surface area contributed by atoms with E-state index >= 15 is 0 Å². The largest absolute Gasteiger partial charge is 0.469 e. The fourth-order valence-corrected chi connectivity index (χ4v) is 1.80. The number of carbonyl (C=O) groups is 1. The summed E-state index contributed by atoms with van der Waals surface area (Å²) >= 11 is 0. The van der Waals surface area contributed by atoms with E-state index in [4.69, 9.17) is 4.74 Å². The standard InChI is InChI=1S/C14H20N2O4/c1-10(14(17)20-3)11(2)15-9-8-12-4-6-13(7-5-12)16(18)19/h4-7,10-11,15H,8-9H2,1-3H3. The van der Waals surface area contributed by atoms with Gasteiger partial charge >= 0.3 is 5.97 Å². The summed E-state index contributed by atoms with van der Waals surface area (Å²) in [5.74, 6) is -0.447. The van der Waals surface area contributed by atoms with Gasteiger partial charge < -0.3 is 10.1 Å². The van der Waals surface area contributed by atoms with Crippen LogP contribution in [0, 0.1) is 16.0 Å². The molecular formula is C14H20N2O4. The molecule has 110 valence electrons. The van der Waals surface area contributed by atoms with Gasteiger partial charge in [-0.2, -0.15) is 0 Å². The van der Waals surface area contributed by atoms with E-state index in [0.717, 1.165) is 12.0 Å². The van der Waals surface area contributed by atoms with Crippen LogP contribution in [-0.4, -0.2) is 30.6 Å². The van der Waals surface area contributed by atoms with Gasteiger partial charge in [0.25, 0.3) is 5.69 Å². The molecule has 0 saturated carbocycles. The molecule has 1 rings (SSSR count). The van der Waals surface area contributed by atoms with Crippen LogP contribution in [0.25, 0.3) is 0 Å². The molecule has 1 aromatic carbocycles. The average Bonchev–Trinajstić information content (AvgIpc) is 2.45. The van der Waals surface area contributed by atoms with Crippen LogP contribution < -0.4 is 5.32 Å². The molecule has 0 aromatic heterocycles. The van der Waals surface area contributed by atoms with Crippen molar-refractivity contribution in [2.45, 2.75) is 26.3 Å². The molecule has 0 fully saturated rings. The fraction of sp³-hybridized carbons (Fsp3) is 0.500. The number of nitrogens with one attached hydrogen (secondary N) is 1. The third kappa shape index (κ3) is 4.62. The maximum Gasteiger partial charge on any atom is 0.309 e. The Balaban J connectivity index is 2.40. The minimum absolute atomic E-state index is 0.0144. The minimum Gasteiger partial charge on any atom is -0.469 e. The van der Waals surface area contributed by atoms with Crippen LogP contribution in [0.5, 0.6) is 0 Å². The van der Waals surface area contributed by atoms with Gasteiger partial charge in [0, 0.05) is 18.2 Å². The number of carbonyl (C=O) groups excluding carboxylic acids is 1. The highest BCUT2D eigenvalue weighted by atomic mass is 16.6. The first-order chi connectivity index (χ1) is 9.45. The maximum absolute atomic E-state index is 11.4. The minimum atomic E-state index is -0.415. The highest BCUT2D eigenvalue weighted by Crippen LogP contribution is 2.12. The van der Waals surface area contributed by atoms with Gasteiger partial charge in [0.2, 0.25) is 0 Å². The summed E-state index contributed by atoms with van der Waals surface area (Å²) in [4.78, 5) is 21.5. The molecule has 2 atom stereocenters. The van der Waals surface area contributed by atoms with Crippen molar-refractivity contribution in [1.82, 2.24) is 5.32 Å². The number of rotatable bonds is 7.